The van der Waals surface area contributed by atoms with Gasteiger partial charge in [-0.3, -0.25) is 0 Å². The Hall–Kier alpha value is -1.90. The Bertz CT molecular complexity index is 491. The highest BCUT2D eigenvalue weighted by atomic mass is 19.4. The van der Waals surface area contributed by atoms with E-state index in [-0.39, 0.29) is 0 Å². The highest BCUT2D eigenvalue weighted by Gasteiger charge is 2.92. The van der Waals surface area contributed by atoms with Crippen LogP contribution < -0.4 is 0 Å². The van der Waals surface area contributed by atoms with E-state index in [1.807, 2.05) is 0 Å². The zero-order valence-corrected chi connectivity index (χ0v) is 10.2. The second-order valence-corrected chi connectivity index (χ2v) is 4.06. The van der Waals surface area contributed by atoms with Crippen molar-refractivity contribution in [2.24, 2.45) is 0 Å². The third-order valence-corrected chi connectivity index (χ3v) is 2.51. The first-order valence-electron chi connectivity index (χ1n) is 4.87. The number of alkyl halides is 12. The van der Waals surface area contributed by atoms with E-state index in [0.29, 0.717) is 0 Å². The average Bonchev–Trinajstić information content (AvgIpc) is 2.36. The van der Waals surface area contributed by atoms with Gasteiger partial charge in [0.25, 0.3) is 0 Å². The van der Waals surface area contributed by atoms with E-state index in [1.165, 1.54) is 0 Å². The van der Waals surface area contributed by atoms with Crippen LogP contribution in [0.15, 0.2) is 0 Å². The van der Waals surface area contributed by atoms with Crippen LogP contribution in [0.4, 0.5) is 52.7 Å². The molecule has 0 amide bonds. The van der Waals surface area contributed by atoms with Crippen LogP contribution in [0.1, 0.15) is 0 Å². The van der Waals surface area contributed by atoms with Gasteiger partial charge in [0.05, 0.1) is 0 Å². The van der Waals surface area contributed by atoms with Gasteiger partial charge in [0.1, 0.15) is 0 Å². The van der Waals surface area contributed by atoms with Crippen molar-refractivity contribution in [3.63, 3.8) is 0 Å². The third kappa shape index (κ3) is 2.42. The summed E-state index contributed by atoms with van der Waals surface area (Å²) in [4.78, 5) is 19.5. The summed E-state index contributed by atoms with van der Waals surface area (Å²) < 4.78 is 152. The Morgan fingerprint density at radius 3 is 0.750 bits per heavy atom. The van der Waals surface area contributed by atoms with Crippen LogP contribution in [0.3, 0.4) is 0 Å². The van der Waals surface area contributed by atoms with Gasteiger partial charge in [-0.2, -0.15) is 52.7 Å². The van der Waals surface area contributed by atoms with Gasteiger partial charge >= 0.3 is 47.5 Å². The van der Waals surface area contributed by atoms with Crippen molar-refractivity contribution in [1.82, 2.24) is 0 Å². The number of hydrogen-bond donors (Lipinski definition) is 2. The van der Waals surface area contributed by atoms with Crippen molar-refractivity contribution in [2.45, 2.75) is 35.5 Å². The maximum absolute atomic E-state index is 12.9. The van der Waals surface area contributed by atoms with Gasteiger partial charge in [0.2, 0.25) is 0 Å². The van der Waals surface area contributed by atoms with Crippen molar-refractivity contribution >= 4 is 11.9 Å². The number of carboxylic acids is 2. The zero-order valence-electron chi connectivity index (χ0n) is 10.2. The third-order valence-electron chi connectivity index (χ3n) is 2.51. The minimum atomic E-state index is -8.11. The van der Waals surface area contributed by atoms with Gasteiger partial charge in [0.15, 0.2) is 0 Å². The fraction of sp³-hybridized carbons (Fsp3) is 0.750. The topological polar surface area (TPSA) is 74.6 Å². The summed E-state index contributed by atoms with van der Waals surface area (Å²) in [5, 5.41) is 15.2. The van der Waals surface area contributed by atoms with E-state index in [1.54, 1.807) is 0 Å². The summed E-state index contributed by atoms with van der Waals surface area (Å²) in [5.41, 5.74) is 0. The Balaban J connectivity index is 6.48. The van der Waals surface area contributed by atoms with Crippen molar-refractivity contribution in [1.29, 1.82) is 0 Å². The molecular weight excluding hydrogens is 388 g/mol. The van der Waals surface area contributed by atoms with E-state index < -0.39 is 47.5 Å². The first-order chi connectivity index (χ1) is 10.1. The molecule has 0 aliphatic heterocycles. The monoisotopic (exact) mass is 390 g/mol. The van der Waals surface area contributed by atoms with Gasteiger partial charge in [-0.1, -0.05) is 0 Å². The lowest BCUT2D eigenvalue weighted by atomic mass is 9.91. The minimum absolute atomic E-state index is 4.17. The van der Waals surface area contributed by atoms with Crippen molar-refractivity contribution in [3.8, 4) is 0 Å². The predicted molar refractivity (Wildman–Crippen MR) is 45.0 cm³/mol. The van der Waals surface area contributed by atoms with Crippen LogP contribution in [0.25, 0.3) is 0 Å². The number of carboxylic acid groups (broad SMARTS) is 2. The van der Waals surface area contributed by atoms with Gasteiger partial charge < -0.3 is 10.2 Å². The number of halogens is 12. The summed E-state index contributed by atoms with van der Waals surface area (Å²) in [6.45, 7) is 0. The Morgan fingerprint density at radius 1 is 0.458 bits per heavy atom. The highest BCUT2D eigenvalue weighted by molar-refractivity contribution is 5.78. The second kappa shape index (κ2) is 5.30. The van der Waals surface area contributed by atoms with Gasteiger partial charge in [-0.25, -0.2) is 9.59 Å². The molecule has 0 fully saturated rings. The van der Waals surface area contributed by atoms with Crippen LogP contribution in [0.2, 0.25) is 0 Å². The molecule has 0 rings (SSSR count). The first kappa shape index (κ1) is 22.1. The molecule has 4 nitrogen and oxygen atoms in total. The zero-order chi connectivity index (χ0) is 20.2. The standard InChI is InChI=1S/C8H2F12O4/c9-3(10,1(21)22)5(13,14)7(17,18)8(19,20)6(15,16)4(11,12)2(23)24/h(H,21,22)(H,23,24). The molecule has 0 spiro atoms. The molecule has 0 aliphatic rings. The van der Waals surface area contributed by atoms with Crippen LogP contribution in [0.5, 0.6) is 0 Å². The largest absolute Gasteiger partial charge is 0.477 e. The highest BCUT2D eigenvalue weighted by Crippen LogP contribution is 2.59. The molecule has 0 atom stereocenters. The van der Waals surface area contributed by atoms with E-state index >= 15 is 0 Å². The van der Waals surface area contributed by atoms with Crippen LogP contribution in [-0.2, 0) is 9.59 Å². The van der Waals surface area contributed by atoms with Crippen molar-refractivity contribution in [3.05, 3.63) is 0 Å². The molecule has 142 valence electrons. The lowest BCUT2D eigenvalue weighted by molar-refractivity contribution is -0.417. The Morgan fingerprint density at radius 2 is 0.625 bits per heavy atom. The number of rotatable bonds is 7. The summed E-state index contributed by atoms with van der Waals surface area (Å²) >= 11 is 0. The second-order valence-electron chi connectivity index (χ2n) is 4.06. The molecular formula is C8H2F12O4. The van der Waals surface area contributed by atoms with Crippen molar-refractivity contribution < 1.29 is 72.5 Å². The minimum Gasteiger partial charge on any atom is -0.477 e. The molecule has 0 aromatic heterocycles. The maximum atomic E-state index is 12.9. The number of hydrogen-bond acceptors (Lipinski definition) is 2. The normalized spacial score (nSPS) is 15.3. The molecule has 2 N–H and O–H groups in total. The fourth-order valence-electron chi connectivity index (χ4n) is 1.06. The summed E-state index contributed by atoms with van der Waals surface area (Å²) in [6.07, 6.45) is 0. The van der Waals surface area contributed by atoms with E-state index in [4.69, 9.17) is 10.2 Å². The van der Waals surface area contributed by atoms with Crippen LogP contribution in [-0.4, -0.2) is 57.7 Å². The Labute approximate surface area is 121 Å². The van der Waals surface area contributed by atoms with Crippen LogP contribution >= 0.6 is 0 Å². The van der Waals surface area contributed by atoms with Crippen molar-refractivity contribution in [2.75, 3.05) is 0 Å². The molecule has 0 heterocycles. The molecule has 0 saturated heterocycles. The molecule has 24 heavy (non-hydrogen) atoms. The SMILES string of the molecule is O=C(O)C(F)(F)C(F)(F)C(F)(F)C(F)(F)C(F)(F)C(F)(F)C(=O)O. The fourth-order valence-corrected chi connectivity index (χ4v) is 1.06. The smallest absolute Gasteiger partial charge is 0.410 e. The van der Waals surface area contributed by atoms with E-state index in [0.717, 1.165) is 0 Å². The Kier molecular flexibility index (Phi) is 4.88. The molecule has 16 heteroatoms. The van der Waals surface area contributed by atoms with E-state index in [9.17, 15) is 62.3 Å². The summed E-state index contributed by atoms with van der Waals surface area (Å²) in [6, 6.07) is 0. The van der Waals surface area contributed by atoms with E-state index in [2.05, 4.69) is 0 Å². The average molecular weight is 390 g/mol. The number of carbonyl (C=O) groups is 2. The molecule has 0 saturated carbocycles. The maximum Gasteiger partial charge on any atom is 0.410 e. The summed E-state index contributed by atoms with van der Waals surface area (Å²) in [5.74, 6) is -54.4. The predicted octanol–water partition coefficient (Wildman–Crippen LogP) is 2.97. The molecule has 0 aromatic rings. The quantitative estimate of drug-likeness (QED) is 0.656. The molecule has 0 unspecified atom stereocenters. The number of aliphatic carboxylic acids is 2. The lowest BCUT2D eigenvalue weighted by Crippen LogP contribution is -2.72. The van der Waals surface area contributed by atoms with Gasteiger partial charge in [0, 0.05) is 0 Å². The summed E-state index contributed by atoms with van der Waals surface area (Å²) in [7, 11) is 0. The molecule has 0 aliphatic carbocycles. The lowest BCUT2D eigenvalue weighted by Gasteiger charge is -2.39. The molecule has 0 aromatic carbocycles. The van der Waals surface area contributed by atoms with Crippen LogP contribution in [0, 0.1) is 0 Å². The first-order valence-corrected chi connectivity index (χ1v) is 4.87. The van der Waals surface area contributed by atoms with Gasteiger partial charge in [-0.05, 0) is 0 Å². The molecule has 0 radical (unpaired) electrons. The van der Waals surface area contributed by atoms with Gasteiger partial charge in [-0.15, -0.1) is 0 Å². The molecule has 0 bridgehead atoms.